The van der Waals surface area contributed by atoms with Gasteiger partial charge < -0.3 is 0 Å². The number of aryl methyl sites for hydroxylation is 2. The Hall–Kier alpha value is -2.32. The predicted octanol–water partition coefficient (Wildman–Crippen LogP) is 6.80. The zero-order valence-electron chi connectivity index (χ0n) is 20.1. The van der Waals surface area contributed by atoms with Crippen molar-refractivity contribution in [2.24, 2.45) is 0 Å². The summed E-state index contributed by atoms with van der Waals surface area (Å²) in [6.07, 6.45) is 1.41. The highest BCUT2D eigenvalue weighted by molar-refractivity contribution is 8.29. The van der Waals surface area contributed by atoms with E-state index in [1.807, 2.05) is 27.7 Å². The Kier molecular flexibility index (Phi) is 18.3. The van der Waals surface area contributed by atoms with E-state index in [2.05, 4.69) is 21.0 Å². The summed E-state index contributed by atoms with van der Waals surface area (Å²) in [4.78, 5) is 19.5. The van der Waals surface area contributed by atoms with E-state index in [1.165, 1.54) is 12.1 Å². The topological polar surface area (TPSA) is 120 Å². The van der Waals surface area contributed by atoms with Gasteiger partial charge in [0.15, 0.2) is 0 Å². The van der Waals surface area contributed by atoms with Gasteiger partial charge in [-0.15, -0.1) is 0 Å². The zero-order chi connectivity index (χ0) is 28.7. The molecule has 0 aliphatic rings. The predicted molar refractivity (Wildman–Crippen MR) is 137 cm³/mol. The summed E-state index contributed by atoms with van der Waals surface area (Å²) in [5.74, 6) is 0. The van der Waals surface area contributed by atoms with Crippen LogP contribution in [0.3, 0.4) is 0 Å². The molecule has 0 aliphatic heterocycles. The lowest BCUT2D eigenvalue weighted by Crippen LogP contribution is -2.31. The van der Waals surface area contributed by atoms with Crippen molar-refractivity contribution in [3.63, 3.8) is 0 Å². The Bertz CT molecular complexity index is 1030. The molecule has 0 saturated heterocycles. The largest absolute Gasteiger partial charge is 0.497 e. The molecule has 1 atom stereocenters. The van der Waals surface area contributed by atoms with E-state index in [0.29, 0.717) is 0 Å². The third-order valence-corrected chi connectivity index (χ3v) is 7.08. The highest BCUT2D eigenvalue weighted by Gasteiger charge is 2.48. The Morgan fingerprint density at radius 1 is 1.14 bits per heavy atom. The molecule has 1 unspecified atom stereocenters. The average molecular weight is 559 g/mol. The van der Waals surface area contributed by atoms with Crippen LogP contribution in [-0.4, -0.2) is 36.1 Å². The van der Waals surface area contributed by atoms with E-state index in [1.54, 1.807) is 26.0 Å². The molecule has 0 amide bonds. The minimum atomic E-state index is -5.34. The molecule has 8 nitrogen and oxygen atoms in total. The molecule has 0 N–H and O–H groups in total. The summed E-state index contributed by atoms with van der Waals surface area (Å²) < 4.78 is 52.9. The first-order valence-corrected chi connectivity index (χ1v) is 12.8. The molecule has 1 rings (SSSR count). The second kappa shape index (κ2) is 17.2. The zero-order valence-corrected chi connectivity index (χ0v) is 22.4. The summed E-state index contributed by atoms with van der Waals surface area (Å²) in [6.45, 7) is 18.2. The Morgan fingerprint density at radius 2 is 1.60 bits per heavy atom. The molecule has 0 aromatic heterocycles. The smallest absolute Gasteiger partial charge is 0.258 e. The molecule has 2 radical (unpaired) electrons. The van der Waals surface area contributed by atoms with Crippen LogP contribution in [-0.2, 0) is 9.84 Å². The number of alkyl halides is 3. The van der Waals surface area contributed by atoms with E-state index in [0.717, 1.165) is 22.3 Å². The third-order valence-electron chi connectivity index (χ3n) is 3.71. The third kappa shape index (κ3) is 14.6. The van der Waals surface area contributed by atoms with Crippen LogP contribution < -0.4 is 0 Å². The summed E-state index contributed by atoms with van der Waals surface area (Å²) >= 11 is 0. The van der Waals surface area contributed by atoms with Crippen LogP contribution in [0.15, 0.2) is 54.3 Å². The van der Waals surface area contributed by atoms with Gasteiger partial charge in [-0.1, -0.05) is 32.1 Å². The average Bonchev–Trinajstić information content (AvgIpc) is 2.76. The lowest BCUT2D eigenvalue weighted by atomic mass is 10.1. The van der Waals surface area contributed by atoms with Gasteiger partial charge in [-0.2, -0.15) is 13.2 Å². The maximum Gasteiger partial charge on any atom is 0.497 e. The van der Waals surface area contributed by atoms with E-state index in [-0.39, 0.29) is 27.3 Å². The van der Waals surface area contributed by atoms with Gasteiger partial charge in [0.25, 0.3) is 21.2 Å². The van der Waals surface area contributed by atoms with Crippen LogP contribution in [0.5, 0.6) is 0 Å². The first-order chi connectivity index (χ1) is 15.8. The van der Waals surface area contributed by atoms with Crippen molar-refractivity contribution in [3.8, 4) is 0 Å². The number of sulfone groups is 1. The summed E-state index contributed by atoms with van der Waals surface area (Å²) in [7, 11) is 3.90. The molecule has 0 aliphatic carbocycles. The molecule has 0 heterocycles. The maximum absolute atomic E-state index is 11.5. The van der Waals surface area contributed by atoms with Crippen molar-refractivity contribution in [2.75, 3.05) is 0 Å². The molecule has 0 bridgehead atoms. The number of nitro benzene ring substituents is 1. The number of allylic oxidation sites excluding steroid dienone is 3. The van der Waals surface area contributed by atoms with Crippen molar-refractivity contribution in [2.45, 2.75) is 51.5 Å². The maximum atomic E-state index is 11.5. The second-order valence-electron chi connectivity index (χ2n) is 6.33. The van der Waals surface area contributed by atoms with Crippen molar-refractivity contribution >= 4 is 45.0 Å². The van der Waals surface area contributed by atoms with Crippen molar-refractivity contribution in [1.82, 2.24) is 0 Å². The highest BCUT2D eigenvalue weighted by Crippen LogP contribution is 2.31. The van der Waals surface area contributed by atoms with Crippen LogP contribution in [0.2, 0.25) is 0 Å². The minimum Gasteiger partial charge on any atom is -0.258 e. The Morgan fingerprint density at radius 3 is 1.86 bits per heavy atom. The van der Waals surface area contributed by atoms with Gasteiger partial charge in [-0.05, 0) is 72.6 Å². The van der Waals surface area contributed by atoms with Crippen molar-refractivity contribution in [3.05, 3.63) is 85.6 Å². The second-order valence-corrected chi connectivity index (χ2v) is 9.91. The first kappa shape index (κ1) is 37.2. The van der Waals surface area contributed by atoms with Crippen LogP contribution in [0, 0.1) is 34.1 Å². The van der Waals surface area contributed by atoms with Crippen LogP contribution in [0.4, 0.5) is 18.9 Å². The van der Waals surface area contributed by atoms with Gasteiger partial charge in [0.1, 0.15) is 7.85 Å². The number of hydrogen-bond donors (Lipinski definition) is 0. The SMILES string of the molecule is C=C(C)/C(C)=C\C(=C)[N+](=O)[O-].CC.Cc1ccc([N+](=O)[O-])cc1C.[B]C(SCl)S(=O)(=O)C(F)(F)F. The quantitative estimate of drug-likeness (QED) is 0.163. The summed E-state index contributed by atoms with van der Waals surface area (Å²) in [5.41, 5.74) is -1.65. The van der Waals surface area contributed by atoms with Crippen molar-refractivity contribution in [1.29, 1.82) is 0 Å². The molecule has 0 fully saturated rings. The fourth-order valence-electron chi connectivity index (χ4n) is 1.44. The molecule has 1 aromatic carbocycles. The molecule has 0 saturated carbocycles. The fourth-order valence-corrected chi connectivity index (χ4v) is 3.28. The van der Waals surface area contributed by atoms with E-state index >= 15 is 0 Å². The van der Waals surface area contributed by atoms with E-state index in [9.17, 15) is 41.8 Å². The monoisotopic (exact) mass is 558 g/mol. The number of benzene rings is 1. The van der Waals surface area contributed by atoms with Gasteiger partial charge in [0.05, 0.1) is 14.3 Å². The van der Waals surface area contributed by atoms with E-state index < -0.39 is 24.8 Å². The summed E-state index contributed by atoms with van der Waals surface area (Å²) in [6, 6.07) is 4.85. The van der Waals surface area contributed by atoms with Gasteiger partial charge >= 0.3 is 5.51 Å². The number of non-ortho nitro benzene ring substituents is 1. The minimum absolute atomic E-state index is 0.0994. The van der Waals surface area contributed by atoms with Crippen LogP contribution in [0.1, 0.15) is 38.8 Å². The van der Waals surface area contributed by atoms with Crippen LogP contribution in [0.25, 0.3) is 0 Å². The molecule has 196 valence electrons. The molecular weight excluding hydrogens is 532 g/mol. The van der Waals surface area contributed by atoms with Gasteiger partial charge in [0, 0.05) is 18.2 Å². The molecule has 0 spiro atoms. The van der Waals surface area contributed by atoms with Crippen LogP contribution >= 0.6 is 21.7 Å². The molecule has 35 heavy (non-hydrogen) atoms. The Balaban J connectivity index is -0.000000423. The first-order valence-electron chi connectivity index (χ1n) is 9.51. The molecule has 1 aromatic rings. The highest BCUT2D eigenvalue weighted by atomic mass is 35.7. The standard InChI is InChI=1S/C8H9NO2.C8H11NO2.C2HBClF3O2S2.C2H6/c1-6-3-4-8(9(10)11)5-7(6)2;1-6(2)7(3)5-8(4)9(10)11;3-1(10-4)11(8,9)2(5,6)7;1-2/h3-5H,1-2H3;5H,1,4H2,2-3H3;1H;1-2H3/b;7-5-;;. The summed E-state index contributed by atoms with van der Waals surface area (Å²) in [5, 5.41) is 20.4. The number of halogens is 4. The van der Waals surface area contributed by atoms with E-state index in [4.69, 9.17) is 10.7 Å². The Labute approximate surface area is 213 Å². The van der Waals surface area contributed by atoms with Gasteiger partial charge in [-0.25, -0.2) is 8.42 Å². The lowest BCUT2D eigenvalue weighted by Gasteiger charge is -2.11. The fraction of sp³-hybridized carbons (Fsp3) is 0.400. The molecule has 15 heteroatoms. The normalized spacial score (nSPS) is 11.8. The van der Waals surface area contributed by atoms with Gasteiger partial charge in [0.2, 0.25) is 0 Å². The number of nitrogens with zero attached hydrogens (tertiary/aromatic N) is 2. The number of rotatable bonds is 6. The number of nitro groups is 2. The number of hydrogen-bond acceptors (Lipinski definition) is 7. The van der Waals surface area contributed by atoms with Crippen molar-refractivity contribution < 1.29 is 31.4 Å². The lowest BCUT2D eigenvalue weighted by molar-refractivity contribution is -0.418. The van der Waals surface area contributed by atoms with Gasteiger partial charge in [-0.3, -0.25) is 20.2 Å². The molecular formula is C20H27BClF3N2O6S2.